The fraction of sp³-hybridized carbons (Fsp3) is 0.667. The van der Waals surface area contributed by atoms with Crippen LogP contribution in [-0.2, 0) is 19.7 Å². The van der Waals surface area contributed by atoms with E-state index in [9.17, 15) is 22.4 Å². The largest absolute Gasteiger partial charge is 0.504 e. The van der Waals surface area contributed by atoms with Gasteiger partial charge in [-0.1, -0.05) is 105 Å². The number of benzene rings is 2. The maximum Gasteiger partial charge on any atom is 0.504 e. The third-order valence-electron chi connectivity index (χ3n) is 8.62. The van der Waals surface area contributed by atoms with E-state index in [0.717, 1.165) is 103 Å². The molecule has 288 valence electrons. The lowest BCUT2D eigenvalue weighted by molar-refractivity contribution is 0.00379. The summed E-state index contributed by atoms with van der Waals surface area (Å²) in [6.07, 6.45) is 15.6. The van der Waals surface area contributed by atoms with Crippen molar-refractivity contribution in [1.29, 1.82) is 0 Å². The number of hydrogen-bond acceptors (Lipinski definition) is 8. The van der Waals surface area contributed by atoms with E-state index in [4.69, 9.17) is 18.9 Å². The average molecular weight is 751 g/mol. The molecule has 51 heavy (non-hydrogen) atoms. The number of nitrogens with zero attached hydrogens (tertiary/aromatic N) is 2. The van der Waals surface area contributed by atoms with Crippen molar-refractivity contribution in [1.82, 2.24) is 0 Å². The van der Waals surface area contributed by atoms with Crippen LogP contribution in [-0.4, -0.2) is 52.4 Å². The van der Waals surface area contributed by atoms with Crippen LogP contribution in [0.1, 0.15) is 142 Å². The molecule has 2 aromatic rings. The summed E-state index contributed by atoms with van der Waals surface area (Å²) in [5, 5.41) is 0. The molecule has 0 N–H and O–H groups in total. The van der Waals surface area contributed by atoms with Crippen LogP contribution < -0.4 is 18.9 Å². The zero-order valence-corrected chi connectivity index (χ0v) is 33.6. The first kappa shape index (κ1) is 44.1. The first-order valence-electron chi connectivity index (χ1n) is 19.0. The molecule has 0 heterocycles. The second kappa shape index (κ2) is 23.5. The van der Waals surface area contributed by atoms with Crippen LogP contribution in [0.3, 0.4) is 0 Å². The molecule has 0 spiro atoms. The van der Waals surface area contributed by atoms with Gasteiger partial charge in [-0.15, -0.1) is 4.79 Å². The predicted molar refractivity (Wildman–Crippen MR) is 204 cm³/mol. The van der Waals surface area contributed by atoms with Gasteiger partial charge in [-0.3, -0.25) is 0 Å². The summed E-state index contributed by atoms with van der Waals surface area (Å²) in [4.78, 5) is 2.22. The molecule has 0 saturated carbocycles. The average Bonchev–Trinajstić information content (AvgIpc) is 3.09. The summed E-state index contributed by atoms with van der Waals surface area (Å²) < 4.78 is 79.4. The van der Waals surface area contributed by atoms with Crippen LogP contribution in [0.15, 0.2) is 34.1 Å². The van der Waals surface area contributed by atoms with E-state index < -0.39 is 24.1 Å². The molecule has 0 atom stereocenters. The van der Waals surface area contributed by atoms with Crippen molar-refractivity contribution in [3.05, 3.63) is 40.9 Å². The molecule has 0 amide bonds. The third kappa shape index (κ3) is 13.8. The second-order valence-electron chi connectivity index (χ2n) is 13.1. The van der Waals surface area contributed by atoms with Crippen LogP contribution in [0.25, 0.3) is 5.53 Å². The standard InChI is InChI=1S/C39H62N2O8S2/c1-7-11-15-19-23-46-33-27-31(5)37(29-35(33)48-25-21-17-13-9-3)50(42,43)39(41-40)51(44,45)38-30-36(49-26-22-18-14-10-4)34(28-32(38)6)47-24-20-16-12-8-2/h27-30H,7-26H2,1-6H3. The van der Waals surface area contributed by atoms with Gasteiger partial charge in [0.2, 0.25) is 0 Å². The lowest BCUT2D eigenvalue weighted by Crippen LogP contribution is -2.27. The Morgan fingerprint density at radius 3 is 1.02 bits per heavy atom. The molecule has 0 bridgehead atoms. The van der Waals surface area contributed by atoms with Gasteiger partial charge >= 0.3 is 4.38 Å². The molecule has 0 aliphatic rings. The first-order chi connectivity index (χ1) is 24.5. The minimum absolute atomic E-state index is 0.191. The van der Waals surface area contributed by atoms with Crippen LogP contribution >= 0.6 is 0 Å². The van der Waals surface area contributed by atoms with Crippen molar-refractivity contribution in [2.24, 2.45) is 0 Å². The van der Waals surface area contributed by atoms with Gasteiger partial charge in [0.1, 0.15) is 0 Å². The molecule has 0 aromatic heterocycles. The van der Waals surface area contributed by atoms with Gasteiger partial charge in [-0.05, 0) is 62.8 Å². The maximum absolute atomic E-state index is 14.2. The molecule has 2 rings (SSSR count). The zero-order chi connectivity index (χ0) is 37.7. The number of unbranched alkanes of at least 4 members (excludes halogenated alkanes) is 12. The molecule has 0 aliphatic heterocycles. The third-order valence-corrected chi connectivity index (χ3v) is 13.1. The highest BCUT2D eigenvalue weighted by molar-refractivity contribution is 8.31. The lowest BCUT2D eigenvalue weighted by atomic mass is 10.2. The summed E-state index contributed by atoms with van der Waals surface area (Å²) in [6.45, 7) is 13.1. The van der Waals surface area contributed by atoms with Gasteiger partial charge in [0, 0.05) is 12.1 Å². The summed E-state index contributed by atoms with van der Waals surface area (Å²) in [7, 11) is -9.77. The molecular weight excluding hydrogens is 689 g/mol. The van der Waals surface area contributed by atoms with Gasteiger partial charge in [0.05, 0.1) is 36.2 Å². The fourth-order valence-electron chi connectivity index (χ4n) is 5.60. The Morgan fingerprint density at radius 2 is 0.765 bits per heavy atom. The Morgan fingerprint density at radius 1 is 0.490 bits per heavy atom. The van der Waals surface area contributed by atoms with Crippen molar-refractivity contribution in [3.8, 4) is 23.0 Å². The Labute approximate surface area is 308 Å². The molecular formula is C39H62N2O8S2. The lowest BCUT2D eigenvalue weighted by Gasteiger charge is -2.17. The molecule has 10 nitrogen and oxygen atoms in total. The van der Waals surface area contributed by atoms with Crippen molar-refractivity contribution in [2.75, 3.05) is 26.4 Å². The van der Waals surface area contributed by atoms with Crippen LogP contribution in [0.4, 0.5) is 0 Å². The van der Waals surface area contributed by atoms with Crippen LogP contribution in [0.5, 0.6) is 23.0 Å². The van der Waals surface area contributed by atoms with E-state index in [1.54, 1.807) is 13.8 Å². The number of aryl methyl sites for hydroxylation is 2. The number of rotatable bonds is 26. The Balaban J connectivity index is 2.53. The molecule has 0 saturated heterocycles. The summed E-state index contributed by atoms with van der Waals surface area (Å²) >= 11 is 0. The SMILES string of the molecule is CCCCCCOc1cc(C)c(S(=O)(=O)C(=[N+]=[N-])S(=O)(=O)c2cc(OCCCCCC)c(OCCCCCC)cc2C)cc1OCCCCCC. The molecule has 0 aliphatic carbocycles. The number of sulfone groups is 2. The Bertz CT molecular complexity index is 1500. The quantitative estimate of drug-likeness (QED) is 0.0304. The van der Waals surface area contributed by atoms with E-state index in [0.29, 0.717) is 37.9 Å². The highest BCUT2D eigenvalue weighted by atomic mass is 32.3. The summed E-state index contributed by atoms with van der Waals surface area (Å²) in [5.74, 6) is 1.14. The van der Waals surface area contributed by atoms with Crippen molar-refractivity contribution < 1.29 is 40.6 Å². The summed E-state index contributed by atoms with van der Waals surface area (Å²) in [5.41, 5.74) is 10.5. The zero-order valence-electron chi connectivity index (χ0n) is 31.9. The molecule has 2 aromatic carbocycles. The minimum atomic E-state index is -4.88. The van der Waals surface area contributed by atoms with E-state index in [-0.39, 0.29) is 32.4 Å². The normalized spacial score (nSPS) is 11.6. The van der Waals surface area contributed by atoms with Gasteiger partial charge in [0.15, 0.2) is 23.0 Å². The highest BCUT2D eigenvalue weighted by Crippen LogP contribution is 2.38. The van der Waals surface area contributed by atoms with Gasteiger partial charge < -0.3 is 24.5 Å². The monoisotopic (exact) mass is 750 g/mol. The van der Waals surface area contributed by atoms with Gasteiger partial charge in [0.25, 0.3) is 19.7 Å². The summed E-state index contributed by atoms with van der Waals surface area (Å²) in [6, 6.07) is 5.63. The predicted octanol–water partition coefficient (Wildman–Crippen LogP) is 9.97. The van der Waals surface area contributed by atoms with Crippen molar-refractivity contribution in [3.63, 3.8) is 0 Å². The van der Waals surface area contributed by atoms with E-state index >= 15 is 0 Å². The van der Waals surface area contributed by atoms with E-state index in [1.165, 1.54) is 24.3 Å². The van der Waals surface area contributed by atoms with Crippen molar-refractivity contribution in [2.45, 2.75) is 154 Å². The maximum atomic E-state index is 14.2. The molecule has 0 unspecified atom stereocenters. The molecule has 12 heteroatoms. The number of ether oxygens (including phenoxy) is 4. The first-order valence-corrected chi connectivity index (χ1v) is 22.0. The molecule has 0 fully saturated rings. The Kier molecular flexibility index (Phi) is 20.3. The van der Waals surface area contributed by atoms with Crippen LogP contribution in [0, 0.1) is 13.8 Å². The highest BCUT2D eigenvalue weighted by Gasteiger charge is 2.46. The van der Waals surface area contributed by atoms with Gasteiger partial charge in [-0.25, -0.2) is 16.8 Å². The van der Waals surface area contributed by atoms with Crippen molar-refractivity contribution >= 4 is 24.1 Å². The van der Waals surface area contributed by atoms with E-state index in [1.807, 2.05) is 0 Å². The van der Waals surface area contributed by atoms with Crippen LogP contribution in [0.2, 0.25) is 0 Å². The molecule has 0 radical (unpaired) electrons. The second-order valence-corrected chi connectivity index (χ2v) is 17.1. The number of hydrogen-bond donors (Lipinski definition) is 0. The minimum Gasteiger partial charge on any atom is -0.490 e. The fourth-order valence-corrected chi connectivity index (χ4v) is 9.38. The topological polar surface area (TPSA) is 142 Å². The van der Waals surface area contributed by atoms with E-state index in [2.05, 4.69) is 32.5 Å². The van der Waals surface area contributed by atoms with Gasteiger partial charge in [-0.2, -0.15) is 0 Å². The Hall–Kier alpha value is -3.08. The smallest absolute Gasteiger partial charge is 0.490 e.